The summed E-state index contributed by atoms with van der Waals surface area (Å²) in [4.78, 5) is 30.1. The molecule has 3 heterocycles. The van der Waals surface area contributed by atoms with E-state index in [0.29, 0.717) is 25.2 Å². The lowest BCUT2D eigenvalue weighted by Crippen LogP contribution is -2.63. The normalized spacial score (nSPS) is 24.5. The Morgan fingerprint density at radius 2 is 1.77 bits per heavy atom. The average Bonchev–Trinajstić information content (AvgIpc) is 3.10. The molecule has 0 saturated carbocycles. The molecule has 26 heavy (non-hydrogen) atoms. The van der Waals surface area contributed by atoms with Crippen LogP contribution in [0.3, 0.4) is 0 Å². The van der Waals surface area contributed by atoms with Crippen LogP contribution in [0.1, 0.15) is 23.0 Å². The van der Waals surface area contributed by atoms with Gasteiger partial charge in [0, 0.05) is 39.4 Å². The summed E-state index contributed by atoms with van der Waals surface area (Å²) in [6.07, 6.45) is 1.54. The molecule has 9 nitrogen and oxygen atoms in total. The third-order valence-corrected chi connectivity index (χ3v) is 6.90. The molecule has 1 aromatic rings. The van der Waals surface area contributed by atoms with Crippen LogP contribution < -0.4 is 0 Å². The summed E-state index contributed by atoms with van der Waals surface area (Å²) in [7, 11) is -0.0269. The summed E-state index contributed by atoms with van der Waals surface area (Å²) in [6.45, 7) is 5.06. The summed E-state index contributed by atoms with van der Waals surface area (Å²) in [5.41, 5.74) is 1.25. The van der Waals surface area contributed by atoms with Crippen molar-refractivity contribution in [1.82, 2.24) is 24.5 Å². The summed E-state index contributed by atoms with van der Waals surface area (Å²) in [6, 6.07) is -1.25. The average molecular weight is 383 g/mol. The number of hydrogen-bond donors (Lipinski definition) is 0. The number of amides is 3. The molecule has 2 aliphatic heterocycles. The van der Waals surface area contributed by atoms with Crippen molar-refractivity contribution in [2.75, 3.05) is 38.7 Å². The van der Waals surface area contributed by atoms with Crippen LogP contribution in [0.4, 0.5) is 4.79 Å². The molecule has 3 amide bonds. The standard InChI is InChI=1S/C16H25N5O4S/c1-5-21-11(2)12(8-17-21)15(22)19-6-7-20(16(23)18(3)4)14-10-26(24,25)9-13(14)19/h8,13-14H,5-7,9-10H2,1-4H3. The molecule has 10 heteroatoms. The third kappa shape index (κ3) is 3.06. The van der Waals surface area contributed by atoms with E-state index in [0.717, 1.165) is 5.69 Å². The van der Waals surface area contributed by atoms with Crippen LogP contribution >= 0.6 is 0 Å². The maximum Gasteiger partial charge on any atom is 0.319 e. The van der Waals surface area contributed by atoms with Crippen LogP contribution in [-0.2, 0) is 16.4 Å². The van der Waals surface area contributed by atoms with Crippen LogP contribution in [0, 0.1) is 6.92 Å². The minimum Gasteiger partial charge on any atom is -0.331 e. The largest absolute Gasteiger partial charge is 0.331 e. The maximum atomic E-state index is 13.1. The van der Waals surface area contributed by atoms with Crippen LogP contribution in [0.25, 0.3) is 0 Å². The van der Waals surface area contributed by atoms with Crippen molar-refractivity contribution in [1.29, 1.82) is 0 Å². The van der Waals surface area contributed by atoms with Gasteiger partial charge < -0.3 is 14.7 Å². The number of nitrogens with zero attached hydrogens (tertiary/aromatic N) is 5. The zero-order valence-corrected chi connectivity index (χ0v) is 16.4. The minimum absolute atomic E-state index is 0.103. The van der Waals surface area contributed by atoms with Gasteiger partial charge in [-0.25, -0.2) is 13.2 Å². The van der Waals surface area contributed by atoms with E-state index in [1.807, 2.05) is 13.8 Å². The van der Waals surface area contributed by atoms with Gasteiger partial charge in [-0.3, -0.25) is 9.48 Å². The first kappa shape index (κ1) is 18.7. The number of piperazine rings is 1. The smallest absolute Gasteiger partial charge is 0.319 e. The van der Waals surface area contributed by atoms with Crippen molar-refractivity contribution in [2.24, 2.45) is 0 Å². The van der Waals surface area contributed by atoms with Crippen LogP contribution in [0.15, 0.2) is 6.20 Å². The van der Waals surface area contributed by atoms with Gasteiger partial charge in [0.2, 0.25) is 0 Å². The number of sulfone groups is 1. The number of aromatic nitrogens is 2. The first-order valence-corrected chi connectivity index (χ1v) is 10.5. The van der Waals surface area contributed by atoms with Gasteiger partial charge in [0.1, 0.15) is 0 Å². The molecule has 2 atom stereocenters. The third-order valence-electron chi connectivity index (χ3n) is 5.20. The Kier molecular flexibility index (Phi) is 4.72. The molecule has 144 valence electrons. The zero-order valence-electron chi connectivity index (χ0n) is 15.5. The van der Waals surface area contributed by atoms with E-state index in [1.165, 1.54) is 11.1 Å². The highest BCUT2D eigenvalue weighted by Gasteiger charge is 2.50. The van der Waals surface area contributed by atoms with Gasteiger partial charge in [0.25, 0.3) is 5.91 Å². The Labute approximate surface area is 153 Å². The lowest BCUT2D eigenvalue weighted by Gasteiger charge is -2.44. The quantitative estimate of drug-likeness (QED) is 0.706. The number of urea groups is 1. The van der Waals surface area contributed by atoms with Gasteiger partial charge in [-0.15, -0.1) is 0 Å². The molecular formula is C16H25N5O4S. The van der Waals surface area contributed by atoms with Gasteiger partial charge in [-0.05, 0) is 13.8 Å². The number of rotatable bonds is 2. The molecule has 2 aliphatic rings. The molecule has 0 aromatic carbocycles. The van der Waals surface area contributed by atoms with Crippen molar-refractivity contribution in [3.05, 3.63) is 17.5 Å². The second-order valence-electron chi connectivity index (χ2n) is 7.04. The highest BCUT2D eigenvalue weighted by atomic mass is 32.2. The fraction of sp³-hybridized carbons (Fsp3) is 0.688. The van der Waals surface area contributed by atoms with E-state index >= 15 is 0 Å². The van der Waals surface area contributed by atoms with E-state index in [9.17, 15) is 18.0 Å². The molecule has 0 aliphatic carbocycles. The van der Waals surface area contributed by atoms with Gasteiger partial charge in [-0.2, -0.15) is 5.10 Å². The first-order valence-electron chi connectivity index (χ1n) is 8.68. The zero-order chi connectivity index (χ0) is 19.2. The lowest BCUT2D eigenvalue weighted by atomic mass is 10.0. The van der Waals surface area contributed by atoms with Crippen LogP contribution in [0.2, 0.25) is 0 Å². The van der Waals surface area contributed by atoms with E-state index < -0.39 is 21.9 Å². The summed E-state index contributed by atoms with van der Waals surface area (Å²) >= 11 is 0. The van der Waals surface area contributed by atoms with Crippen LogP contribution in [0.5, 0.6) is 0 Å². The molecule has 2 unspecified atom stereocenters. The SMILES string of the molecule is CCn1ncc(C(=O)N2CCN(C(=O)N(C)C)C3CS(=O)(=O)CC32)c1C. The van der Waals surface area contributed by atoms with Crippen LogP contribution in [-0.4, -0.2) is 95.6 Å². The predicted octanol–water partition coefficient (Wildman–Crippen LogP) is -0.184. The monoisotopic (exact) mass is 383 g/mol. The molecule has 0 bridgehead atoms. The topological polar surface area (TPSA) is 95.8 Å². The second-order valence-corrected chi connectivity index (χ2v) is 9.19. The predicted molar refractivity (Wildman–Crippen MR) is 95.7 cm³/mol. The number of hydrogen-bond acceptors (Lipinski definition) is 5. The van der Waals surface area contributed by atoms with Crippen molar-refractivity contribution in [3.8, 4) is 0 Å². The fourth-order valence-corrected chi connectivity index (χ4v) is 5.81. The van der Waals surface area contributed by atoms with Gasteiger partial charge in [0.15, 0.2) is 9.84 Å². The van der Waals surface area contributed by atoms with E-state index in [2.05, 4.69) is 5.10 Å². The summed E-state index contributed by atoms with van der Waals surface area (Å²) in [5.74, 6) is -0.429. The maximum absolute atomic E-state index is 13.1. The Morgan fingerprint density at radius 3 is 2.31 bits per heavy atom. The van der Waals surface area contributed by atoms with E-state index in [-0.39, 0.29) is 23.4 Å². The highest BCUT2D eigenvalue weighted by molar-refractivity contribution is 7.91. The van der Waals surface area contributed by atoms with Crippen molar-refractivity contribution in [2.45, 2.75) is 32.5 Å². The molecular weight excluding hydrogens is 358 g/mol. The van der Waals surface area contributed by atoms with Gasteiger partial charge >= 0.3 is 6.03 Å². The molecule has 3 rings (SSSR count). The Hall–Kier alpha value is -2.10. The van der Waals surface area contributed by atoms with Crippen molar-refractivity contribution in [3.63, 3.8) is 0 Å². The molecule has 0 N–H and O–H groups in total. The Balaban J connectivity index is 1.91. The molecule has 2 saturated heterocycles. The molecule has 1 aromatic heterocycles. The highest BCUT2D eigenvalue weighted by Crippen LogP contribution is 2.29. The first-order chi connectivity index (χ1) is 12.2. The second kappa shape index (κ2) is 6.57. The lowest BCUT2D eigenvalue weighted by molar-refractivity contribution is 0.0392. The number of fused-ring (bicyclic) bond motifs is 1. The number of aryl methyl sites for hydroxylation is 1. The Morgan fingerprint density at radius 1 is 1.19 bits per heavy atom. The minimum atomic E-state index is -3.31. The van der Waals surface area contributed by atoms with Crippen molar-refractivity contribution >= 4 is 21.8 Å². The number of carbonyl (C=O) groups excluding carboxylic acids is 2. The van der Waals surface area contributed by atoms with Crippen molar-refractivity contribution < 1.29 is 18.0 Å². The van der Waals surface area contributed by atoms with E-state index in [4.69, 9.17) is 0 Å². The van der Waals surface area contributed by atoms with E-state index in [1.54, 1.807) is 28.6 Å². The van der Waals surface area contributed by atoms with Gasteiger partial charge in [0.05, 0.1) is 35.3 Å². The fourth-order valence-electron chi connectivity index (χ4n) is 3.83. The molecule has 0 spiro atoms. The molecule has 2 fully saturated rings. The molecule has 0 radical (unpaired) electrons. The van der Waals surface area contributed by atoms with Gasteiger partial charge in [-0.1, -0.05) is 0 Å². The summed E-state index contributed by atoms with van der Waals surface area (Å²) in [5, 5.41) is 4.21. The Bertz CT molecular complexity index is 832. The summed E-state index contributed by atoms with van der Waals surface area (Å²) < 4.78 is 26.2. The number of carbonyl (C=O) groups is 2.